The summed E-state index contributed by atoms with van der Waals surface area (Å²) in [7, 11) is 0. The molecule has 0 amide bonds. The van der Waals surface area contributed by atoms with Crippen molar-refractivity contribution in [1.82, 2.24) is 10.5 Å². The lowest BCUT2D eigenvalue weighted by Crippen LogP contribution is -2.19. The first-order chi connectivity index (χ1) is 3.84. The molecule has 0 spiro atoms. The number of hydrogen-bond donors (Lipinski definition) is 1. The van der Waals surface area contributed by atoms with E-state index < -0.39 is 0 Å². The Labute approximate surface area is 47.1 Å². The summed E-state index contributed by atoms with van der Waals surface area (Å²) in [5.41, 5.74) is 2.51. The van der Waals surface area contributed by atoms with E-state index in [0.717, 1.165) is 0 Å². The molecular weight excluding hydrogens is 109 g/mol. The van der Waals surface area contributed by atoms with Crippen LogP contribution < -0.4 is 5.43 Å². The molecule has 1 rings (SSSR count). The summed E-state index contributed by atoms with van der Waals surface area (Å²) in [5, 5.41) is 4.25. The van der Waals surface area contributed by atoms with E-state index in [4.69, 9.17) is 0 Å². The van der Waals surface area contributed by atoms with Gasteiger partial charge in [-0.05, 0) is 0 Å². The Balaban J connectivity index is 2.49. The zero-order valence-corrected chi connectivity index (χ0v) is 4.69. The molecule has 0 aromatic carbocycles. The molecule has 0 aromatic rings. The SMILES string of the molecule is CCC1=NNCN1F. The van der Waals surface area contributed by atoms with E-state index >= 15 is 0 Å². The fourth-order valence-electron chi connectivity index (χ4n) is 0.585. The predicted molar refractivity (Wildman–Crippen MR) is 28.7 cm³/mol. The first kappa shape index (κ1) is 5.34. The van der Waals surface area contributed by atoms with E-state index in [-0.39, 0.29) is 6.67 Å². The second-order valence-corrected chi connectivity index (χ2v) is 1.56. The molecule has 8 heavy (non-hydrogen) atoms. The standard InChI is InChI=1S/C4H8FN3/c1-2-4-7-6-3-8(4)5/h6H,2-3H2,1H3. The van der Waals surface area contributed by atoms with Gasteiger partial charge in [-0.2, -0.15) is 10.2 Å². The topological polar surface area (TPSA) is 27.6 Å². The predicted octanol–water partition coefficient (Wildman–Crippen LogP) is 0.457. The average molecular weight is 117 g/mol. The molecule has 1 N–H and O–H groups in total. The first-order valence-electron chi connectivity index (χ1n) is 2.57. The van der Waals surface area contributed by atoms with E-state index in [0.29, 0.717) is 17.4 Å². The van der Waals surface area contributed by atoms with Crippen molar-refractivity contribution in [3.63, 3.8) is 0 Å². The lowest BCUT2D eigenvalue weighted by molar-refractivity contribution is 0.125. The summed E-state index contributed by atoms with van der Waals surface area (Å²) < 4.78 is 12.2. The maximum atomic E-state index is 12.2. The molecule has 0 aromatic heterocycles. The lowest BCUT2D eigenvalue weighted by Gasteiger charge is -2.01. The van der Waals surface area contributed by atoms with Crippen molar-refractivity contribution in [3.05, 3.63) is 0 Å². The van der Waals surface area contributed by atoms with Crippen molar-refractivity contribution in [1.29, 1.82) is 0 Å². The molecule has 0 radical (unpaired) electrons. The van der Waals surface area contributed by atoms with Crippen molar-refractivity contribution < 1.29 is 4.48 Å². The van der Waals surface area contributed by atoms with E-state index in [1.807, 2.05) is 6.92 Å². The second-order valence-electron chi connectivity index (χ2n) is 1.56. The molecule has 4 heteroatoms. The van der Waals surface area contributed by atoms with E-state index in [9.17, 15) is 4.48 Å². The molecule has 3 nitrogen and oxygen atoms in total. The summed E-state index contributed by atoms with van der Waals surface area (Å²) >= 11 is 0. The van der Waals surface area contributed by atoms with Gasteiger partial charge in [0, 0.05) is 6.42 Å². The molecule has 0 saturated heterocycles. The molecule has 46 valence electrons. The monoisotopic (exact) mass is 117 g/mol. The normalized spacial score (nSPS) is 18.2. The van der Waals surface area contributed by atoms with Gasteiger partial charge in [-0.25, -0.2) is 0 Å². The van der Waals surface area contributed by atoms with Crippen molar-refractivity contribution in [2.24, 2.45) is 5.10 Å². The molecule has 0 fully saturated rings. The van der Waals surface area contributed by atoms with E-state index in [1.54, 1.807) is 0 Å². The van der Waals surface area contributed by atoms with Gasteiger partial charge in [-0.3, -0.25) is 5.43 Å². The third-order valence-corrected chi connectivity index (χ3v) is 1.01. The minimum atomic E-state index is 0.198. The van der Waals surface area contributed by atoms with Gasteiger partial charge in [0.1, 0.15) is 6.67 Å². The van der Waals surface area contributed by atoms with Crippen LogP contribution in [-0.4, -0.2) is 17.6 Å². The maximum Gasteiger partial charge on any atom is 0.155 e. The summed E-state index contributed by atoms with van der Waals surface area (Å²) in [6.07, 6.45) is 0.642. The number of amidine groups is 1. The fraction of sp³-hybridized carbons (Fsp3) is 0.750. The molecule has 0 atom stereocenters. The van der Waals surface area contributed by atoms with Crippen molar-refractivity contribution in [3.8, 4) is 0 Å². The van der Waals surface area contributed by atoms with Gasteiger partial charge in [-0.15, -0.1) is 0 Å². The molecule has 1 heterocycles. The Morgan fingerprint density at radius 2 is 2.75 bits per heavy atom. The highest BCUT2D eigenvalue weighted by Crippen LogP contribution is 1.99. The molecule has 0 aliphatic carbocycles. The molecule has 1 aliphatic heterocycles. The van der Waals surface area contributed by atoms with Crippen molar-refractivity contribution in [2.75, 3.05) is 6.67 Å². The Morgan fingerprint density at radius 1 is 2.00 bits per heavy atom. The Bertz CT molecular complexity index is 112. The number of halogens is 1. The van der Waals surface area contributed by atoms with Gasteiger partial charge in [-0.1, -0.05) is 11.4 Å². The number of hydrazone groups is 1. The molecule has 0 unspecified atom stereocenters. The van der Waals surface area contributed by atoms with Crippen LogP contribution >= 0.6 is 0 Å². The second kappa shape index (κ2) is 1.98. The number of hydrogen-bond acceptors (Lipinski definition) is 3. The molecule has 0 saturated carbocycles. The Morgan fingerprint density at radius 3 is 3.00 bits per heavy atom. The number of nitrogens with zero attached hydrogens (tertiary/aromatic N) is 2. The number of rotatable bonds is 1. The van der Waals surface area contributed by atoms with Crippen molar-refractivity contribution >= 4 is 5.84 Å². The van der Waals surface area contributed by atoms with Crippen LogP contribution in [0.2, 0.25) is 0 Å². The van der Waals surface area contributed by atoms with Gasteiger partial charge in [0.05, 0.1) is 0 Å². The van der Waals surface area contributed by atoms with Crippen LogP contribution in [0.25, 0.3) is 0 Å². The van der Waals surface area contributed by atoms with Crippen LogP contribution in [0.5, 0.6) is 0 Å². The van der Waals surface area contributed by atoms with Crippen LogP contribution in [0.3, 0.4) is 0 Å². The molecule has 0 bridgehead atoms. The van der Waals surface area contributed by atoms with Gasteiger partial charge in [0.25, 0.3) is 0 Å². The fourth-order valence-corrected chi connectivity index (χ4v) is 0.585. The first-order valence-corrected chi connectivity index (χ1v) is 2.57. The summed E-state index contributed by atoms with van der Waals surface area (Å²) in [5.74, 6) is 0.477. The van der Waals surface area contributed by atoms with Gasteiger partial charge in [0.15, 0.2) is 5.84 Å². The Kier molecular flexibility index (Phi) is 1.32. The quantitative estimate of drug-likeness (QED) is 0.505. The minimum Gasteiger partial charge on any atom is -0.286 e. The highest BCUT2D eigenvalue weighted by molar-refractivity contribution is 5.81. The van der Waals surface area contributed by atoms with Crippen LogP contribution in [0.1, 0.15) is 13.3 Å². The van der Waals surface area contributed by atoms with E-state index in [1.165, 1.54) is 0 Å². The van der Waals surface area contributed by atoms with Crippen LogP contribution in [0.15, 0.2) is 5.10 Å². The summed E-state index contributed by atoms with van der Waals surface area (Å²) in [4.78, 5) is 0. The number of nitrogens with one attached hydrogen (secondary N) is 1. The smallest absolute Gasteiger partial charge is 0.155 e. The zero-order chi connectivity index (χ0) is 5.98. The van der Waals surface area contributed by atoms with Crippen LogP contribution in [-0.2, 0) is 0 Å². The molecule has 1 aliphatic rings. The largest absolute Gasteiger partial charge is 0.286 e. The van der Waals surface area contributed by atoms with Gasteiger partial charge in [0.2, 0.25) is 0 Å². The average Bonchev–Trinajstić information content (AvgIpc) is 2.14. The highest BCUT2D eigenvalue weighted by Gasteiger charge is 2.12. The van der Waals surface area contributed by atoms with Gasteiger partial charge >= 0.3 is 0 Å². The maximum absolute atomic E-state index is 12.2. The van der Waals surface area contributed by atoms with Crippen molar-refractivity contribution in [2.45, 2.75) is 13.3 Å². The third-order valence-electron chi connectivity index (χ3n) is 1.01. The van der Waals surface area contributed by atoms with Crippen LogP contribution in [0.4, 0.5) is 4.48 Å². The zero-order valence-electron chi connectivity index (χ0n) is 4.69. The third kappa shape index (κ3) is 0.731. The van der Waals surface area contributed by atoms with Gasteiger partial charge < -0.3 is 0 Å². The van der Waals surface area contributed by atoms with E-state index in [2.05, 4.69) is 10.5 Å². The minimum absolute atomic E-state index is 0.198. The lowest BCUT2D eigenvalue weighted by atomic mass is 10.4. The molecular formula is C4H8FN3. The summed E-state index contributed by atoms with van der Waals surface area (Å²) in [6, 6.07) is 0. The van der Waals surface area contributed by atoms with Crippen LogP contribution in [0, 0.1) is 0 Å². The highest BCUT2D eigenvalue weighted by atomic mass is 19.2. The Hall–Kier alpha value is -0.800. The summed E-state index contributed by atoms with van der Waals surface area (Å²) in [6.45, 7) is 2.06.